The molecule has 0 atom stereocenters. The van der Waals surface area contributed by atoms with E-state index in [9.17, 15) is 4.79 Å². The molecule has 1 heterocycles. The van der Waals surface area contributed by atoms with Crippen LogP contribution in [0.5, 0.6) is 5.75 Å². The maximum Gasteiger partial charge on any atom is 0.189 e. The number of nitrogens with zero attached hydrogens (tertiary/aromatic N) is 2. The Hall–Kier alpha value is -2.10. The van der Waals surface area contributed by atoms with Crippen LogP contribution in [0.1, 0.15) is 34.1 Å². The van der Waals surface area contributed by atoms with Crippen molar-refractivity contribution in [1.29, 1.82) is 0 Å². The van der Waals surface area contributed by atoms with Gasteiger partial charge in [0, 0.05) is 13.0 Å². The number of hydrogen-bond acceptors (Lipinski definition) is 3. The average molecular weight is 272 g/mol. The van der Waals surface area contributed by atoms with Crippen LogP contribution in [0.3, 0.4) is 0 Å². The Morgan fingerprint density at radius 1 is 1.35 bits per heavy atom. The van der Waals surface area contributed by atoms with Crippen LogP contribution in [-0.2, 0) is 13.0 Å². The predicted molar refractivity (Wildman–Crippen MR) is 78.4 cm³/mol. The van der Waals surface area contributed by atoms with E-state index in [4.69, 9.17) is 4.74 Å². The van der Waals surface area contributed by atoms with Gasteiger partial charge in [0.05, 0.1) is 13.3 Å². The molecule has 0 saturated carbocycles. The summed E-state index contributed by atoms with van der Waals surface area (Å²) in [5, 5.41) is 4.18. The van der Waals surface area contributed by atoms with E-state index in [0.717, 1.165) is 16.7 Å². The second kappa shape index (κ2) is 5.90. The molecule has 0 bridgehead atoms. The van der Waals surface area contributed by atoms with Crippen molar-refractivity contribution >= 4 is 5.78 Å². The minimum Gasteiger partial charge on any atom is -0.493 e. The van der Waals surface area contributed by atoms with Crippen molar-refractivity contribution in [2.75, 3.05) is 7.11 Å². The van der Waals surface area contributed by atoms with E-state index in [1.54, 1.807) is 18.0 Å². The summed E-state index contributed by atoms with van der Waals surface area (Å²) < 4.78 is 6.92. The highest BCUT2D eigenvalue weighted by molar-refractivity contribution is 5.98. The van der Waals surface area contributed by atoms with E-state index in [-0.39, 0.29) is 5.78 Å². The van der Waals surface area contributed by atoms with Crippen LogP contribution in [0, 0.1) is 13.8 Å². The lowest BCUT2D eigenvalue weighted by atomic mass is 9.99. The summed E-state index contributed by atoms with van der Waals surface area (Å²) in [6, 6.07) is 6.17. The quantitative estimate of drug-likeness (QED) is 0.786. The number of carbonyl (C=O) groups is 1. The molecule has 0 fully saturated rings. The maximum absolute atomic E-state index is 12.6. The zero-order chi connectivity index (χ0) is 14.7. The zero-order valence-corrected chi connectivity index (χ0v) is 12.4. The summed E-state index contributed by atoms with van der Waals surface area (Å²) in [5.74, 6) is 0.581. The van der Waals surface area contributed by atoms with E-state index in [1.807, 2.05) is 26.8 Å². The number of ketones is 1. The maximum atomic E-state index is 12.6. The third-order valence-corrected chi connectivity index (χ3v) is 3.45. The minimum atomic E-state index is 0.0369. The summed E-state index contributed by atoms with van der Waals surface area (Å²) >= 11 is 0. The fourth-order valence-corrected chi connectivity index (χ4v) is 2.29. The van der Waals surface area contributed by atoms with Crippen LogP contribution >= 0.6 is 0 Å². The molecule has 4 heteroatoms. The van der Waals surface area contributed by atoms with Gasteiger partial charge in [-0.15, -0.1) is 0 Å². The van der Waals surface area contributed by atoms with Gasteiger partial charge in [-0.25, -0.2) is 0 Å². The molecule has 1 aromatic heterocycles. The molecule has 0 radical (unpaired) electrons. The highest BCUT2D eigenvalue weighted by Gasteiger charge is 2.19. The first-order valence-corrected chi connectivity index (χ1v) is 6.76. The van der Waals surface area contributed by atoms with Gasteiger partial charge in [-0.2, -0.15) is 5.10 Å². The topological polar surface area (TPSA) is 44.1 Å². The first-order chi connectivity index (χ1) is 9.56. The second-order valence-corrected chi connectivity index (χ2v) is 4.91. The predicted octanol–water partition coefficient (Wildman–Crippen LogP) is 2.95. The molecule has 0 aliphatic rings. The van der Waals surface area contributed by atoms with Crippen LogP contribution in [0.15, 0.2) is 24.4 Å². The van der Waals surface area contributed by atoms with Crippen molar-refractivity contribution < 1.29 is 9.53 Å². The Morgan fingerprint density at radius 2 is 2.10 bits per heavy atom. The summed E-state index contributed by atoms with van der Waals surface area (Å²) in [6.07, 6.45) is 1.97. The van der Waals surface area contributed by atoms with Gasteiger partial charge in [-0.05, 0) is 31.9 Å². The molecular formula is C16H20N2O2. The first-order valence-electron chi connectivity index (χ1n) is 6.76. The van der Waals surface area contributed by atoms with E-state index in [2.05, 4.69) is 17.2 Å². The molecule has 2 rings (SSSR count). The number of aromatic nitrogens is 2. The number of rotatable bonds is 5. The van der Waals surface area contributed by atoms with Gasteiger partial charge in [-0.1, -0.05) is 23.8 Å². The fraction of sp³-hybridized carbons (Fsp3) is 0.375. The zero-order valence-electron chi connectivity index (χ0n) is 12.4. The molecule has 0 unspecified atom stereocenters. The molecule has 2 aromatic rings. The molecule has 0 aliphatic heterocycles. The summed E-state index contributed by atoms with van der Waals surface area (Å²) in [6.45, 7) is 6.67. The van der Waals surface area contributed by atoms with Crippen LogP contribution in [-0.4, -0.2) is 22.7 Å². The van der Waals surface area contributed by atoms with E-state index < -0.39 is 0 Å². The van der Waals surface area contributed by atoms with Gasteiger partial charge < -0.3 is 4.74 Å². The molecule has 0 saturated heterocycles. The van der Waals surface area contributed by atoms with Crippen molar-refractivity contribution in [1.82, 2.24) is 9.78 Å². The normalized spacial score (nSPS) is 10.6. The number of ether oxygens (including phenoxy) is 1. The Balaban J connectivity index is 2.32. The molecule has 4 nitrogen and oxygen atoms in total. The molecule has 0 N–H and O–H groups in total. The van der Waals surface area contributed by atoms with Gasteiger partial charge in [0.2, 0.25) is 0 Å². The highest BCUT2D eigenvalue weighted by atomic mass is 16.5. The lowest BCUT2D eigenvalue weighted by Crippen LogP contribution is -2.13. The van der Waals surface area contributed by atoms with Gasteiger partial charge in [-0.3, -0.25) is 9.48 Å². The molecule has 20 heavy (non-hydrogen) atoms. The van der Waals surface area contributed by atoms with Gasteiger partial charge in [0.25, 0.3) is 0 Å². The van der Waals surface area contributed by atoms with Gasteiger partial charge in [0.1, 0.15) is 5.69 Å². The summed E-state index contributed by atoms with van der Waals surface area (Å²) in [7, 11) is 1.56. The third-order valence-electron chi connectivity index (χ3n) is 3.45. The summed E-state index contributed by atoms with van der Waals surface area (Å²) in [5.41, 5.74) is 3.90. The Morgan fingerprint density at radius 3 is 2.75 bits per heavy atom. The van der Waals surface area contributed by atoms with Gasteiger partial charge >= 0.3 is 0 Å². The number of hydrogen-bond donors (Lipinski definition) is 0. The van der Waals surface area contributed by atoms with Crippen molar-refractivity contribution in [3.8, 4) is 5.75 Å². The van der Waals surface area contributed by atoms with Crippen molar-refractivity contribution in [3.05, 3.63) is 46.8 Å². The molecule has 106 valence electrons. The number of carbonyl (C=O) groups excluding carboxylic acids is 1. The van der Waals surface area contributed by atoms with Gasteiger partial charge in [0.15, 0.2) is 11.5 Å². The number of methoxy groups -OCH3 is 1. The minimum absolute atomic E-state index is 0.0369. The van der Waals surface area contributed by atoms with Crippen LogP contribution in [0.4, 0.5) is 0 Å². The number of Topliss-reactive ketones (excluding diaryl/α,β-unsaturated/α-hetero) is 1. The number of benzene rings is 1. The van der Waals surface area contributed by atoms with E-state index in [0.29, 0.717) is 24.4 Å². The van der Waals surface area contributed by atoms with Crippen molar-refractivity contribution in [2.24, 2.45) is 0 Å². The largest absolute Gasteiger partial charge is 0.493 e. The van der Waals surface area contributed by atoms with Crippen LogP contribution < -0.4 is 4.74 Å². The van der Waals surface area contributed by atoms with E-state index >= 15 is 0 Å². The lowest BCUT2D eigenvalue weighted by molar-refractivity contribution is 0.0979. The highest BCUT2D eigenvalue weighted by Crippen LogP contribution is 2.21. The number of aryl methyl sites for hydroxylation is 3. The standard InChI is InChI=1S/C16H20N2O2/c1-5-18-16(15(20-4)10-17-18)14(19)9-13-8-11(2)6-7-12(13)3/h6-8,10H,5,9H2,1-4H3. The van der Waals surface area contributed by atoms with E-state index in [1.165, 1.54) is 0 Å². The molecule has 0 spiro atoms. The monoisotopic (exact) mass is 272 g/mol. The smallest absolute Gasteiger partial charge is 0.189 e. The lowest BCUT2D eigenvalue weighted by Gasteiger charge is -2.09. The molecule has 0 amide bonds. The van der Waals surface area contributed by atoms with Crippen molar-refractivity contribution in [3.63, 3.8) is 0 Å². The molecule has 0 aliphatic carbocycles. The Bertz CT molecular complexity index is 608. The molecule has 1 aromatic carbocycles. The SMILES string of the molecule is CCn1ncc(OC)c1C(=O)Cc1cc(C)ccc1C. The average Bonchev–Trinajstić information content (AvgIpc) is 2.85. The fourth-order valence-electron chi connectivity index (χ4n) is 2.29. The first kappa shape index (κ1) is 14.3. The molecular weight excluding hydrogens is 252 g/mol. The van der Waals surface area contributed by atoms with Crippen LogP contribution in [0.2, 0.25) is 0 Å². The Labute approximate surface area is 119 Å². The van der Waals surface area contributed by atoms with Crippen molar-refractivity contribution in [2.45, 2.75) is 33.7 Å². The van der Waals surface area contributed by atoms with Crippen LogP contribution in [0.25, 0.3) is 0 Å². The second-order valence-electron chi connectivity index (χ2n) is 4.91. The Kier molecular flexibility index (Phi) is 4.23. The third kappa shape index (κ3) is 2.74. The summed E-state index contributed by atoms with van der Waals surface area (Å²) in [4.78, 5) is 12.6.